The van der Waals surface area contributed by atoms with Crippen molar-refractivity contribution < 1.29 is 9.53 Å². The number of hydrogen-bond acceptors (Lipinski definition) is 3. The van der Waals surface area contributed by atoms with Crippen molar-refractivity contribution in [2.24, 2.45) is 0 Å². The van der Waals surface area contributed by atoms with Crippen LogP contribution < -0.4 is 10.1 Å². The molecule has 1 heterocycles. The van der Waals surface area contributed by atoms with Gasteiger partial charge >= 0.3 is 0 Å². The Morgan fingerprint density at radius 1 is 0.933 bits per heavy atom. The summed E-state index contributed by atoms with van der Waals surface area (Å²) >= 11 is 0. The minimum Gasteiger partial charge on any atom is -0.494 e. The maximum atomic E-state index is 13.2. The molecule has 4 aromatic rings. The fourth-order valence-electron chi connectivity index (χ4n) is 3.44. The first-order valence-corrected chi connectivity index (χ1v) is 10.1. The lowest BCUT2D eigenvalue weighted by atomic mass is 10.0. The van der Waals surface area contributed by atoms with Crippen molar-refractivity contribution >= 4 is 22.5 Å². The zero-order valence-electron chi connectivity index (χ0n) is 17.4. The molecule has 1 N–H and O–H groups in total. The standard InChI is InChI=1S/C26H24N2O2/c1-4-30-21-9-7-8-19(15-21)25-16-23(22-10-5-6-11-24(22)28-25)26(29)27-20-13-12-17(2)18(3)14-20/h5-16H,4H2,1-3H3,(H,27,29). The van der Waals surface area contributed by atoms with E-state index in [2.05, 4.69) is 12.2 Å². The molecule has 4 heteroatoms. The second-order valence-corrected chi connectivity index (χ2v) is 7.29. The Hall–Kier alpha value is -3.66. The predicted molar refractivity (Wildman–Crippen MR) is 122 cm³/mol. The number of carbonyl (C=O) groups is 1. The van der Waals surface area contributed by atoms with Crippen LogP contribution in [-0.2, 0) is 0 Å². The average Bonchev–Trinajstić information content (AvgIpc) is 2.76. The number of carbonyl (C=O) groups excluding carboxylic acids is 1. The monoisotopic (exact) mass is 396 g/mol. The molecule has 0 aliphatic rings. The molecule has 0 bridgehead atoms. The number of nitrogens with zero attached hydrogens (tertiary/aromatic N) is 1. The maximum absolute atomic E-state index is 13.2. The second kappa shape index (κ2) is 8.37. The summed E-state index contributed by atoms with van der Waals surface area (Å²) < 4.78 is 5.63. The van der Waals surface area contributed by atoms with Crippen LogP contribution in [0.4, 0.5) is 5.69 Å². The molecule has 0 unspecified atom stereocenters. The molecule has 150 valence electrons. The molecule has 4 rings (SSSR count). The smallest absolute Gasteiger partial charge is 0.256 e. The number of anilines is 1. The summed E-state index contributed by atoms with van der Waals surface area (Å²) in [5.41, 5.74) is 6.13. The summed E-state index contributed by atoms with van der Waals surface area (Å²) in [5, 5.41) is 3.86. The zero-order valence-corrected chi connectivity index (χ0v) is 17.4. The van der Waals surface area contributed by atoms with E-state index in [4.69, 9.17) is 9.72 Å². The Morgan fingerprint density at radius 2 is 1.77 bits per heavy atom. The van der Waals surface area contributed by atoms with E-state index < -0.39 is 0 Å². The van der Waals surface area contributed by atoms with E-state index in [1.54, 1.807) is 0 Å². The number of hydrogen-bond donors (Lipinski definition) is 1. The number of rotatable bonds is 5. The number of amides is 1. The normalized spacial score (nSPS) is 10.8. The van der Waals surface area contributed by atoms with Gasteiger partial charge in [0.05, 0.1) is 23.4 Å². The Balaban J connectivity index is 1.77. The minimum atomic E-state index is -0.154. The van der Waals surface area contributed by atoms with Crippen LogP contribution in [0.2, 0.25) is 0 Å². The first-order chi connectivity index (χ1) is 14.5. The van der Waals surface area contributed by atoms with E-state index >= 15 is 0 Å². The number of aryl methyl sites for hydroxylation is 2. The lowest BCUT2D eigenvalue weighted by Gasteiger charge is -2.12. The first-order valence-electron chi connectivity index (χ1n) is 10.1. The highest BCUT2D eigenvalue weighted by molar-refractivity contribution is 6.13. The van der Waals surface area contributed by atoms with Gasteiger partial charge in [-0.05, 0) is 68.3 Å². The van der Waals surface area contributed by atoms with E-state index in [-0.39, 0.29) is 5.91 Å². The number of aromatic nitrogens is 1. The Labute approximate surface area is 176 Å². The van der Waals surface area contributed by atoms with Gasteiger partial charge in [-0.1, -0.05) is 36.4 Å². The van der Waals surface area contributed by atoms with E-state index in [1.807, 2.05) is 86.6 Å². The molecule has 0 saturated heterocycles. The van der Waals surface area contributed by atoms with Gasteiger partial charge < -0.3 is 10.1 Å². The van der Waals surface area contributed by atoms with Crippen LogP contribution in [0.5, 0.6) is 5.75 Å². The predicted octanol–water partition coefficient (Wildman–Crippen LogP) is 6.17. The van der Waals surface area contributed by atoms with Crippen molar-refractivity contribution in [2.45, 2.75) is 20.8 Å². The maximum Gasteiger partial charge on any atom is 0.256 e. The summed E-state index contributed by atoms with van der Waals surface area (Å²) in [7, 11) is 0. The summed E-state index contributed by atoms with van der Waals surface area (Å²) in [6, 6.07) is 23.3. The van der Waals surface area contributed by atoms with Gasteiger partial charge in [-0.2, -0.15) is 0 Å². The van der Waals surface area contributed by atoms with Crippen LogP contribution in [0.1, 0.15) is 28.4 Å². The quantitative estimate of drug-likeness (QED) is 0.439. The lowest BCUT2D eigenvalue weighted by Crippen LogP contribution is -2.13. The summed E-state index contributed by atoms with van der Waals surface area (Å²) in [6.07, 6.45) is 0. The highest BCUT2D eigenvalue weighted by atomic mass is 16.5. The Morgan fingerprint density at radius 3 is 2.57 bits per heavy atom. The number of fused-ring (bicyclic) bond motifs is 1. The largest absolute Gasteiger partial charge is 0.494 e. The molecule has 0 atom stereocenters. The van der Waals surface area contributed by atoms with Crippen molar-refractivity contribution in [3.63, 3.8) is 0 Å². The molecule has 4 nitrogen and oxygen atoms in total. The van der Waals surface area contributed by atoms with Crippen molar-refractivity contribution in [1.82, 2.24) is 4.98 Å². The fraction of sp³-hybridized carbons (Fsp3) is 0.154. The lowest BCUT2D eigenvalue weighted by molar-refractivity contribution is 0.102. The van der Waals surface area contributed by atoms with Gasteiger partial charge in [-0.15, -0.1) is 0 Å². The van der Waals surface area contributed by atoms with E-state index in [0.717, 1.165) is 39.2 Å². The summed E-state index contributed by atoms with van der Waals surface area (Å²) in [4.78, 5) is 18.0. The molecular weight excluding hydrogens is 372 g/mol. The third kappa shape index (κ3) is 4.03. The number of nitrogens with one attached hydrogen (secondary N) is 1. The SMILES string of the molecule is CCOc1cccc(-c2cc(C(=O)Nc3ccc(C)c(C)c3)c3ccccc3n2)c1. The molecule has 0 aliphatic carbocycles. The van der Waals surface area contributed by atoms with Crippen LogP contribution in [-0.4, -0.2) is 17.5 Å². The molecular formula is C26H24N2O2. The fourth-order valence-corrected chi connectivity index (χ4v) is 3.44. The molecule has 0 spiro atoms. The molecule has 1 aromatic heterocycles. The minimum absolute atomic E-state index is 0.154. The van der Waals surface area contributed by atoms with Crippen LogP contribution >= 0.6 is 0 Å². The van der Waals surface area contributed by atoms with Crippen LogP contribution in [0, 0.1) is 13.8 Å². The molecule has 0 aliphatic heterocycles. The van der Waals surface area contributed by atoms with Crippen molar-refractivity contribution in [2.75, 3.05) is 11.9 Å². The summed E-state index contributed by atoms with van der Waals surface area (Å²) in [6.45, 7) is 6.64. The third-order valence-electron chi connectivity index (χ3n) is 5.17. The molecule has 0 radical (unpaired) electrons. The van der Waals surface area contributed by atoms with Crippen LogP contribution in [0.15, 0.2) is 72.8 Å². The Kier molecular flexibility index (Phi) is 5.48. The van der Waals surface area contributed by atoms with Gasteiger partial charge in [0, 0.05) is 16.6 Å². The van der Waals surface area contributed by atoms with Crippen molar-refractivity contribution in [3.05, 3.63) is 89.5 Å². The number of para-hydroxylation sites is 1. The number of ether oxygens (including phenoxy) is 1. The molecule has 0 saturated carbocycles. The third-order valence-corrected chi connectivity index (χ3v) is 5.17. The van der Waals surface area contributed by atoms with Gasteiger partial charge in [0.25, 0.3) is 5.91 Å². The highest BCUT2D eigenvalue weighted by Crippen LogP contribution is 2.28. The molecule has 30 heavy (non-hydrogen) atoms. The first kappa shape index (κ1) is 19.6. The molecule has 3 aromatic carbocycles. The van der Waals surface area contributed by atoms with Crippen molar-refractivity contribution in [3.8, 4) is 17.0 Å². The molecule has 1 amide bonds. The topological polar surface area (TPSA) is 51.2 Å². The van der Waals surface area contributed by atoms with Gasteiger partial charge in [-0.25, -0.2) is 4.98 Å². The van der Waals surface area contributed by atoms with Crippen LogP contribution in [0.3, 0.4) is 0 Å². The highest BCUT2D eigenvalue weighted by Gasteiger charge is 2.15. The number of benzene rings is 3. The Bertz CT molecular complexity index is 1230. The second-order valence-electron chi connectivity index (χ2n) is 7.29. The number of pyridine rings is 1. The van der Waals surface area contributed by atoms with E-state index in [1.165, 1.54) is 5.56 Å². The average molecular weight is 396 g/mol. The zero-order chi connectivity index (χ0) is 21.1. The van der Waals surface area contributed by atoms with E-state index in [9.17, 15) is 4.79 Å². The van der Waals surface area contributed by atoms with Gasteiger partial charge in [0.1, 0.15) is 5.75 Å². The van der Waals surface area contributed by atoms with Crippen LogP contribution in [0.25, 0.3) is 22.2 Å². The molecule has 0 fully saturated rings. The van der Waals surface area contributed by atoms with Gasteiger partial charge in [0.15, 0.2) is 0 Å². The summed E-state index contributed by atoms with van der Waals surface area (Å²) in [5.74, 6) is 0.630. The van der Waals surface area contributed by atoms with Gasteiger partial charge in [-0.3, -0.25) is 4.79 Å². The van der Waals surface area contributed by atoms with E-state index in [0.29, 0.717) is 12.2 Å². The van der Waals surface area contributed by atoms with Gasteiger partial charge in [0.2, 0.25) is 0 Å². The van der Waals surface area contributed by atoms with Crippen molar-refractivity contribution in [1.29, 1.82) is 0 Å².